The van der Waals surface area contributed by atoms with E-state index >= 15 is 0 Å². The van der Waals surface area contributed by atoms with Crippen molar-refractivity contribution < 1.29 is 4.42 Å². The maximum atomic E-state index is 5.77. The molecule has 0 aliphatic carbocycles. The molecule has 0 radical (unpaired) electrons. The van der Waals surface area contributed by atoms with Crippen LogP contribution < -0.4 is 5.32 Å². The number of oxazole rings is 1. The van der Waals surface area contributed by atoms with Crippen LogP contribution in [0.5, 0.6) is 0 Å². The van der Waals surface area contributed by atoms with Gasteiger partial charge in [0.25, 0.3) is 0 Å². The molecular formula is C20H20N4O. The molecule has 1 N–H and O–H groups in total. The molecule has 2 heterocycles. The Morgan fingerprint density at radius 1 is 1.08 bits per heavy atom. The van der Waals surface area contributed by atoms with E-state index in [1.807, 2.05) is 47.3 Å². The van der Waals surface area contributed by atoms with Crippen molar-refractivity contribution in [2.45, 2.75) is 26.8 Å². The Balaban J connectivity index is 1.60. The smallest absolute Gasteiger partial charge is 0.214 e. The van der Waals surface area contributed by atoms with E-state index in [2.05, 4.69) is 41.4 Å². The number of anilines is 1. The Bertz CT molecular complexity index is 982. The molecule has 5 nitrogen and oxygen atoms in total. The quantitative estimate of drug-likeness (QED) is 0.585. The molecule has 0 unspecified atom stereocenters. The predicted molar refractivity (Wildman–Crippen MR) is 99.0 cm³/mol. The van der Waals surface area contributed by atoms with Gasteiger partial charge in [0.1, 0.15) is 5.52 Å². The van der Waals surface area contributed by atoms with Crippen molar-refractivity contribution in [2.24, 2.45) is 0 Å². The van der Waals surface area contributed by atoms with Gasteiger partial charge in [-0.15, -0.1) is 0 Å². The summed E-state index contributed by atoms with van der Waals surface area (Å²) in [6.07, 6.45) is 2.75. The van der Waals surface area contributed by atoms with Crippen LogP contribution in [0, 0.1) is 6.92 Å². The molecule has 126 valence electrons. The summed E-state index contributed by atoms with van der Waals surface area (Å²) in [6, 6.07) is 16.1. The number of nitrogens with one attached hydrogen (secondary N) is 1. The second-order valence-electron chi connectivity index (χ2n) is 5.99. The molecule has 0 fully saturated rings. The van der Waals surface area contributed by atoms with Gasteiger partial charge in [0.2, 0.25) is 5.89 Å². The molecule has 5 heteroatoms. The minimum Gasteiger partial charge on any atom is -0.439 e. The number of para-hydroxylation sites is 3. The van der Waals surface area contributed by atoms with Crippen LogP contribution in [0.4, 0.5) is 5.69 Å². The number of nitrogens with zero attached hydrogens (tertiary/aromatic N) is 3. The van der Waals surface area contributed by atoms with E-state index in [1.54, 1.807) is 0 Å². The molecule has 0 aliphatic rings. The maximum Gasteiger partial charge on any atom is 0.214 e. The van der Waals surface area contributed by atoms with Crippen LogP contribution in [0.2, 0.25) is 0 Å². The molecule has 4 rings (SSSR count). The molecule has 0 spiro atoms. The van der Waals surface area contributed by atoms with Crippen molar-refractivity contribution in [3.63, 3.8) is 0 Å². The maximum absolute atomic E-state index is 5.77. The first-order chi connectivity index (χ1) is 12.3. The average molecular weight is 332 g/mol. The second kappa shape index (κ2) is 6.43. The lowest BCUT2D eigenvalue weighted by atomic mass is 10.2. The van der Waals surface area contributed by atoms with Crippen molar-refractivity contribution >= 4 is 16.8 Å². The normalized spacial score (nSPS) is 11.1. The highest BCUT2D eigenvalue weighted by molar-refractivity contribution is 5.72. The number of aryl methyl sites for hydroxylation is 1. The summed E-state index contributed by atoms with van der Waals surface area (Å²) in [5, 5.41) is 7.99. The van der Waals surface area contributed by atoms with Crippen LogP contribution in [0.25, 0.3) is 16.8 Å². The third-order valence-electron chi connectivity index (χ3n) is 4.32. The molecule has 0 saturated heterocycles. The zero-order chi connectivity index (χ0) is 17.2. The highest BCUT2D eigenvalue weighted by atomic mass is 16.3. The van der Waals surface area contributed by atoms with Crippen LogP contribution in [0.1, 0.15) is 24.1 Å². The minimum absolute atomic E-state index is 0.529. The Hall–Kier alpha value is -3.08. The number of rotatable bonds is 5. The number of benzene rings is 2. The summed E-state index contributed by atoms with van der Waals surface area (Å²) in [6.45, 7) is 4.76. The van der Waals surface area contributed by atoms with Gasteiger partial charge >= 0.3 is 0 Å². The largest absolute Gasteiger partial charge is 0.439 e. The first-order valence-electron chi connectivity index (χ1n) is 8.47. The molecule has 0 atom stereocenters. The molecule has 4 aromatic rings. The van der Waals surface area contributed by atoms with E-state index in [1.165, 1.54) is 5.56 Å². The topological polar surface area (TPSA) is 55.9 Å². The summed E-state index contributed by atoms with van der Waals surface area (Å²) >= 11 is 0. The van der Waals surface area contributed by atoms with Gasteiger partial charge in [-0.3, -0.25) is 0 Å². The van der Waals surface area contributed by atoms with E-state index in [4.69, 9.17) is 4.42 Å². The predicted octanol–water partition coefficient (Wildman–Crippen LogP) is 4.50. The summed E-state index contributed by atoms with van der Waals surface area (Å²) in [5.41, 5.74) is 6.15. The third-order valence-corrected chi connectivity index (χ3v) is 4.32. The minimum atomic E-state index is 0.529. The van der Waals surface area contributed by atoms with Gasteiger partial charge in [-0.05, 0) is 37.1 Å². The number of fused-ring (bicyclic) bond motifs is 1. The first kappa shape index (κ1) is 15.4. The van der Waals surface area contributed by atoms with Gasteiger partial charge in [-0.1, -0.05) is 37.3 Å². The van der Waals surface area contributed by atoms with E-state index in [0.29, 0.717) is 12.4 Å². The van der Waals surface area contributed by atoms with E-state index in [-0.39, 0.29) is 0 Å². The fourth-order valence-electron chi connectivity index (χ4n) is 3.04. The van der Waals surface area contributed by atoms with Crippen molar-refractivity contribution in [3.05, 3.63) is 71.9 Å². The lowest BCUT2D eigenvalue weighted by molar-refractivity contribution is 0.540. The van der Waals surface area contributed by atoms with Gasteiger partial charge in [0.15, 0.2) is 5.58 Å². The second-order valence-corrected chi connectivity index (χ2v) is 5.99. The molecule has 2 aromatic heterocycles. The zero-order valence-corrected chi connectivity index (χ0v) is 14.4. The standard InChI is InChI=1S/C20H20N4O/c1-3-17-16(12-22-24(17)18-10-6-4-8-14(18)2)21-13-20-23-15-9-5-7-11-19(15)25-20/h4-12,21H,3,13H2,1-2H3. The fraction of sp³-hybridized carbons (Fsp3) is 0.200. The Labute approximate surface area is 146 Å². The van der Waals surface area contributed by atoms with Crippen molar-refractivity contribution in [1.82, 2.24) is 14.8 Å². The van der Waals surface area contributed by atoms with Gasteiger partial charge in [0.05, 0.1) is 29.8 Å². The van der Waals surface area contributed by atoms with Crippen molar-refractivity contribution in [3.8, 4) is 5.69 Å². The molecule has 25 heavy (non-hydrogen) atoms. The molecular weight excluding hydrogens is 312 g/mol. The lowest BCUT2D eigenvalue weighted by Crippen LogP contribution is -2.06. The summed E-state index contributed by atoms with van der Waals surface area (Å²) in [5.74, 6) is 0.673. The number of aromatic nitrogens is 3. The van der Waals surface area contributed by atoms with Gasteiger partial charge in [0, 0.05) is 0 Å². The van der Waals surface area contributed by atoms with E-state index < -0.39 is 0 Å². The molecule has 0 amide bonds. The Morgan fingerprint density at radius 3 is 2.68 bits per heavy atom. The third kappa shape index (κ3) is 2.89. The van der Waals surface area contributed by atoms with Gasteiger partial charge in [-0.2, -0.15) is 5.10 Å². The van der Waals surface area contributed by atoms with E-state index in [9.17, 15) is 0 Å². The fourth-order valence-corrected chi connectivity index (χ4v) is 3.04. The van der Waals surface area contributed by atoms with Crippen LogP contribution in [0.3, 0.4) is 0 Å². The van der Waals surface area contributed by atoms with Crippen LogP contribution in [0.15, 0.2) is 59.1 Å². The Kier molecular flexibility index (Phi) is 3.98. The molecule has 0 bridgehead atoms. The average Bonchev–Trinajstić information content (AvgIpc) is 3.23. The highest BCUT2D eigenvalue weighted by Gasteiger charge is 2.13. The van der Waals surface area contributed by atoms with Gasteiger partial charge < -0.3 is 9.73 Å². The highest BCUT2D eigenvalue weighted by Crippen LogP contribution is 2.23. The van der Waals surface area contributed by atoms with E-state index in [0.717, 1.165) is 34.6 Å². The SMILES string of the molecule is CCc1c(NCc2nc3ccccc3o2)cnn1-c1ccccc1C. The summed E-state index contributed by atoms with van der Waals surface area (Å²) < 4.78 is 7.78. The number of hydrogen-bond acceptors (Lipinski definition) is 4. The summed E-state index contributed by atoms with van der Waals surface area (Å²) in [7, 11) is 0. The van der Waals surface area contributed by atoms with Crippen molar-refractivity contribution in [2.75, 3.05) is 5.32 Å². The Morgan fingerprint density at radius 2 is 1.88 bits per heavy atom. The molecule has 0 saturated carbocycles. The van der Waals surface area contributed by atoms with Crippen molar-refractivity contribution in [1.29, 1.82) is 0 Å². The zero-order valence-electron chi connectivity index (χ0n) is 14.4. The first-order valence-corrected chi connectivity index (χ1v) is 8.47. The molecule has 0 aliphatic heterocycles. The van der Waals surface area contributed by atoms with Crippen LogP contribution >= 0.6 is 0 Å². The lowest BCUT2D eigenvalue weighted by Gasteiger charge is -2.10. The molecule has 2 aromatic carbocycles. The van der Waals surface area contributed by atoms with Gasteiger partial charge in [-0.25, -0.2) is 9.67 Å². The summed E-state index contributed by atoms with van der Waals surface area (Å²) in [4.78, 5) is 4.51. The van der Waals surface area contributed by atoms with Crippen LogP contribution in [-0.2, 0) is 13.0 Å². The van der Waals surface area contributed by atoms with Crippen LogP contribution in [-0.4, -0.2) is 14.8 Å². The monoisotopic (exact) mass is 332 g/mol. The number of hydrogen-bond donors (Lipinski definition) is 1.